The van der Waals surface area contributed by atoms with E-state index in [9.17, 15) is 18.0 Å². The largest absolute Gasteiger partial charge is 0.416 e. The lowest BCUT2D eigenvalue weighted by molar-refractivity contribution is -0.137. The van der Waals surface area contributed by atoms with Crippen LogP contribution >= 0.6 is 0 Å². The number of carbonyl (C=O) groups excluding carboxylic acids is 1. The summed E-state index contributed by atoms with van der Waals surface area (Å²) in [5.41, 5.74) is -0.224. The zero-order chi connectivity index (χ0) is 12.9. The van der Waals surface area contributed by atoms with Crippen LogP contribution < -0.4 is 5.32 Å². The molecule has 5 heteroatoms. The van der Waals surface area contributed by atoms with Crippen molar-refractivity contribution in [2.45, 2.75) is 12.6 Å². The molecule has 0 saturated heterocycles. The van der Waals surface area contributed by atoms with E-state index in [0.29, 0.717) is 5.56 Å². The number of alkyl halides is 3. The van der Waals surface area contributed by atoms with Gasteiger partial charge in [0.1, 0.15) is 0 Å². The van der Waals surface area contributed by atoms with Crippen LogP contribution in [0.2, 0.25) is 0 Å². The van der Waals surface area contributed by atoms with Gasteiger partial charge in [0, 0.05) is 0 Å². The highest BCUT2D eigenvalue weighted by molar-refractivity contribution is 5.78. The van der Waals surface area contributed by atoms with Crippen molar-refractivity contribution in [3.8, 4) is 12.3 Å². The lowest BCUT2D eigenvalue weighted by atomic mass is 10.1. The Morgan fingerprint density at radius 3 is 2.35 bits per heavy atom. The van der Waals surface area contributed by atoms with E-state index >= 15 is 0 Å². The lowest BCUT2D eigenvalue weighted by Gasteiger charge is -2.07. The highest BCUT2D eigenvalue weighted by atomic mass is 19.4. The number of nitrogens with one attached hydrogen (secondary N) is 1. The van der Waals surface area contributed by atoms with Crippen molar-refractivity contribution < 1.29 is 18.0 Å². The normalized spacial score (nSPS) is 10.7. The van der Waals surface area contributed by atoms with Gasteiger partial charge in [-0.05, 0) is 17.7 Å². The van der Waals surface area contributed by atoms with Gasteiger partial charge < -0.3 is 5.32 Å². The first-order chi connectivity index (χ1) is 7.93. The molecule has 2 nitrogen and oxygen atoms in total. The number of benzene rings is 1. The van der Waals surface area contributed by atoms with Crippen LogP contribution in [0.25, 0.3) is 0 Å². The number of halogens is 3. The van der Waals surface area contributed by atoms with Crippen molar-refractivity contribution in [3.63, 3.8) is 0 Å². The second kappa shape index (κ2) is 5.39. The third kappa shape index (κ3) is 4.19. The predicted octanol–water partition coefficient (Wildman–Crippen LogP) is 2.00. The Hall–Kier alpha value is -1.96. The van der Waals surface area contributed by atoms with Crippen LogP contribution in [0, 0.1) is 12.3 Å². The van der Waals surface area contributed by atoms with Crippen molar-refractivity contribution in [2.75, 3.05) is 6.54 Å². The summed E-state index contributed by atoms with van der Waals surface area (Å²) in [6.45, 7) is 0.111. The van der Waals surface area contributed by atoms with Crippen LogP contribution in [0.15, 0.2) is 24.3 Å². The van der Waals surface area contributed by atoms with Crippen molar-refractivity contribution in [1.29, 1.82) is 0 Å². The Kier molecular flexibility index (Phi) is 4.16. The van der Waals surface area contributed by atoms with Crippen LogP contribution in [0.4, 0.5) is 13.2 Å². The number of hydrogen-bond donors (Lipinski definition) is 1. The Bertz CT molecular complexity index is 429. The summed E-state index contributed by atoms with van der Waals surface area (Å²) in [5, 5.41) is 2.43. The summed E-state index contributed by atoms with van der Waals surface area (Å²) in [6.07, 6.45) is 0.605. The molecule has 0 aliphatic heterocycles. The summed E-state index contributed by atoms with van der Waals surface area (Å²) in [4.78, 5) is 11.2. The molecule has 0 unspecified atom stereocenters. The van der Waals surface area contributed by atoms with Gasteiger partial charge in [-0.1, -0.05) is 18.1 Å². The minimum Gasteiger partial charge on any atom is -0.345 e. The molecule has 90 valence electrons. The molecule has 0 bridgehead atoms. The zero-order valence-electron chi connectivity index (χ0n) is 8.84. The van der Waals surface area contributed by atoms with E-state index in [1.807, 2.05) is 0 Å². The molecule has 1 N–H and O–H groups in total. The van der Waals surface area contributed by atoms with E-state index in [2.05, 4.69) is 11.2 Å². The van der Waals surface area contributed by atoms with Gasteiger partial charge >= 0.3 is 6.18 Å². The Morgan fingerprint density at radius 1 is 1.29 bits per heavy atom. The topological polar surface area (TPSA) is 29.1 Å². The van der Waals surface area contributed by atoms with Gasteiger partial charge in [0.25, 0.3) is 0 Å². The Morgan fingerprint density at radius 2 is 1.88 bits per heavy atom. The molecule has 0 atom stereocenters. The molecule has 0 aliphatic carbocycles. The maximum Gasteiger partial charge on any atom is 0.416 e. The molecular weight excluding hydrogens is 231 g/mol. The fraction of sp³-hybridized carbons (Fsp3) is 0.250. The van der Waals surface area contributed by atoms with Crippen molar-refractivity contribution in [3.05, 3.63) is 35.4 Å². The van der Waals surface area contributed by atoms with Gasteiger partial charge in [-0.3, -0.25) is 4.79 Å². The average Bonchev–Trinajstić information content (AvgIpc) is 2.26. The predicted molar refractivity (Wildman–Crippen MR) is 57.0 cm³/mol. The molecular formula is C12H10F3NO. The van der Waals surface area contributed by atoms with E-state index in [-0.39, 0.29) is 18.9 Å². The SMILES string of the molecule is C#CCNC(=O)Cc1ccc(C(F)(F)F)cc1. The molecule has 17 heavy (non-hydrogen) atoms. The van der Waals surface area contributed by atoms with Gasteiger partial charge in [0.15, 0.2) is 0 Å². The first kappa shape index (κ1) is 13.1. The average molecular weight is 241 g/mol. The fourth-order valence-electron chi connectivity index (χ4n) is 1.21. The third-order valence-corrected chi connectivity index (χ3v) is 2.03. The first-order valence-electron chi connectivity index (χ1n) is 4.80. The fourth-order valence-corrected chi connectivity index (χ4v) is 1.21. The molecule has 0 aliphatic rings. The lowest BCUT2D eigenvalue weighted by Crippen LogP contribution is -2.25. The molecule has 1 amide bonds. The van der Waals surface area contributed by atoms with Crippen molar-refractivity contribution in [2.24, 2.45) is 0 Å². The molecule has 1 aromatic rings. The Balaban J connectivity index is 2.63. The second-order valence-electron chi connectivity index (χ2n) is 3.35. The van der Waals surface area contributed by atoms with Gasteiger partial charge in [0.2, 0.25) is 5.91 Å². The smallest absolute Gasteiger partial charge is 0.345 e. The van der Waals surface area contributed by atoms with E-state index < -0.39 is 11.7 Å². The molecule has 1 aromatic carbocycles. The molecule has 0 fully saturated rings. The van der Waals surface area contributed by atoms with E-state index in [1.54, 1.807) is 0 Å². The van der Waals surface area contributed by atoms with E-state index in [0.717, 1.165) is 12.1 Å². The molecule has 0 radical (unpaired) electrons. The summed E-state index contributed by atoms with van der Waals surface area (Å²) >= 11 is 0. The minimum absolute atomic E-state index is 0.0137. The standard InChI is InChI=1S/C12H10F3NO/c1-2-7-16-11(17)8-9-3-5-10(6-4-9)12(13,14)15/h1,3-6H,7-8H2,(H,16,17). The van der Waals surface area contributed by atoms with Crippen molar-refractivity contribution >= 4 is 5.91 Å². The number of hydrogen-bond acceptors (Lipinski definition) is 1. The number of rotatable bonds is 3. The van der Waals surface area contributed by atoms with Gasteiger partial charge in [-0.15, -0.1) is 6.42 Å². The van der Waals surface area contributed by atoms with Crippen LogP contribution in [0.1, 0.15) is 11.1 Å². The van der Waals surface area contributed by atoms with Crippen LogP contribution in [0.3, 0.4) is 0 Å². The van der Waals surface area contributed by atoms with Crippen molar-refractivity contribution in [1.82, 2.24) is 5.32 Å². The summed E-state index contributed by atoms with van der Waals surface area (Å²) in [7, 11) is 0. The van der Waals surface area contributed by atoms with Gasteiger partial charge in [-0.2, -0.15) is 13.2 Å². The second-order valence-corrected chi connectivity index (χ2v) is 3.35. The van der Waals surface area contributed by atoms with Gasteiger partial charge in [-0.25, -0.2) is 0 Å². The van der Waals surface area contributed by atoms with Crippen LogP contribution in [0.5, 0.6) is 0 Å². The van der Waals surface area contributed by atoms with E-state index in [4.69, 9.17) is 6.42 Å². The number of carbonyl (C=O) groups is 1. The maximum absolute atomic E-state index is 12.2. The molecule has 0 saturated carbocycles. The third-order valence-electron chi connectivity index (χ3n) is 2.03. The van der Waals surface area contributed by atoms with Crippen LogP contribution in [-0.2, 0) is 17.4 Å². The summed E-state index contributed by atoms with van der Waals surface area (Å²) in [6, 6.07) is 4.45. The molecule has 0 spiro atoms. The van der Waals surface area contributed by atoms with Crippen LogP contribution in [-0.4, -0.2) is 12.5 Å². The van der Waals surface area contributed by atoms with Gasteiger partial charge in [0.05, 0.1) is 18.5 Å². The first-order valence-corrected chi connectivity index (χ1v) is 4.80. The molecule has 0 aromatic heterocycles. The Labute approximate surface area is 96.8 Å². The quantitative estimate of drug-likeness (QED) is 0.806. The minimum atomic E-state index is -4.36. The highest BCUT2D eigenvalue weighted by Crippen LogP contribution is 2.29. The maximum atomic E-state index is 12.2. The highest BCUT2D eigenvalue weighted by Gasteiger charge is 2.29. The van der Waals surface area contributed by atoms with E-state index in [1.165, 1.54) is 12.1 Å². The molecule has 1 rings (SSSR count). The summed E-state index contributed by atoms with van der Waals surface area (Å²) in [5.74, 6) is 1.92. The number of amides is 1. The zero-order valence-corrected chi connectivity index (χ0v) is 8.84. The monoisotopic (exact) mass is 241 g/mol. The number of terminal acetylenes is 1. The summed E-state index contributed by atoms with van der Waals surface area (Å²) < 4.78 is 36.7. The molecule has 0 heterocycles.